The molecular formula is C18H23F2NO4. The highest BCUT2D eigenvalue weighted by Crippen LogP contribution is 2.41. The minimum atomic E-state index is -1.12. The van der Waals surface area contributed by atoms with Gasteiger partial charge in [0.1, 0.15) is 17.2 Å². The number of alkyl carbamates (subject to hydrolysis) is 1. The van der Waals surface area contributed by atoms with Gasteiger partial charge in [0.15, 0.2) is 0 Å². The van der Waals surface area contributed by atoms with Crippen molar-refractivity contribution in [3.63, 3.8) is 0 Å². The summed E-state index contributed by atoms with van der Waals surface area (Å²) >= 11 is 0. The van der Waals surface area contributed by atoms with Crippen LogP contribution in [0, 0.1) is 17.6 Å². The number of unbranched alkanes of at least 4 members (excludes halogenated alkanes) is 1. The summed E-state index contributed by atoms with van der Waals surface area (Å²) in [6.45, 7) is 3.38. The molecule has 0 bridgehead atoms. The van der Waals surface area contributed by atoms with Gasteiger partial charge in [-0.05, 0) is 31.0 Å². The normalized spacial score (nSPS) is 28.8. The van der Waals surface area contributed by atoms with Gasteiger partial charge in [0.2, 0.25) is 0 Å². The van der Waals surface area contributed by atoms with E-state index in [0.717, 1.165) is 31.0 Å². The number of cyclic esters (lactones) is 1. The molecule has 2 aliphatic heterocycles. The van der Waals surface area contributed by atoms with Gasteiger partial charge in [-0.3, -0.25) is 0 Å². The van der Waals surface area contributed by atoms with E-state index in [2.05, 4.69) is 12.2 Å². The summed E-state index contributed by atoms with van der Waals surface area (Å²) in [5.41, 5.74) is -1.03. The van der Waals surface area contributed by atoms with Gasteiger partial charge in [0.25, 0.3) is 0 Å². The van der Waals surface area contributed by atoms with Crippen LogP contribution in [0.1, 0.15) is 31.7 Å². The van der Waals surface area contributed by atoms with Gasteiger partial charge in [-0.15, -0.1) is 0 Å². The summed E-state index contributed by atoms with van der Waals surface area (Å²) in [6.07, 6.45) is 1.75. The van der Waals surface area contributed by atoms with Gasteiger partial charge in [0, 0.05) is 18.1 Å². The number of rotatable bonds is 6. The number of carbonyl (C=O) groups excluding carboxylic acids is 1. The summed E-state index contributed by atoms with van der Waals surface area (Å²) in [7, 11) is 0. The molecule has 1 amide bonds. The fourth-order valence-corrected chi connectivity index (χ4v) is 3.48. The second kappa shape index (κ2) is 7.66. The van der Waals surface area contributed by atoms with Crippen molar-refractivity contribution in [1.29, 1.82) is 0 Å². The molecule has 7 heteroatoms. The Morgan fingerprint density at radius 1 is 1.40 bits per heavy atom. The molecular weight excluding hydrogens is 332 g/mol. The van der Waals surface area contributed by atoms with Gasteiger partial charge in [-0.1, -0.05) is 13.3 Å². The zero-order chi connectivity index (χ0) is 17.9. The summed E-state index contributed by atoms with van der Waals surface area (Å²) in [6, 6.07) is 3.24. The maximum absolute atomic E-state index is 14.4. The number of fused-ring (bicyclic) bond motifs is 1. The third kappa shape index (κ3) is 3.77. The van der Waals surface area contributed by atoms with Gasteiger partial charge in [-0.2, -0.15) is 0 Å². The smallest absolute Gasteiger partial charge is 0.407 e. The standard InChI is InChI=1S/C18H23F2NO4/c1-2-3-6-23-10-14-7-12-9-24-17(22)21-18(12,11-25-14)15-8-13(19)4-5-16(15)20/h4-5,8,12,14H,2-3,6-7,9-11H2,1H3,(H,21,22)/t12-,14+,18-/m0/s1. The third-order valence-electron chi connectivity index (χ3n) is 4.89. The number of amides is 1. The molecule has 2 heterocycles. The average Bonchev–Trinajstić information content (AvgIpc) is 2.60. The minimum absolute atomic E-state index is 0.0505. The predicted octanol–water partition coefficient (Wildman–Crippen LogP) is 3.12. The summed E-state index contributed by atoms with van der Waals surface area (Å²) < 4.78 is 44.6. The van der Waals surface area contributed by atoms with E-state index in [1.54, 1.807) is 0 Å². The van der Waals surface area contributed by atoms with Gasteiger partial charge < -0.3 is 19.5 Å². The van der Waals surface area contributed by atoms with E-state index < -0.39 is 23.3 Å². The van der Waals surface area contributed by atoms with E-state index in [4.69, 9.17) is 14.2 Å². The maximum atomic E-state index is 14.4. The molecule has 1 aromatic carbocycles. The molecule has 2 saturated heterocycles. The predicted molar refractivity (Wildman–Crippen MR) is 86.1 cm³/mol. The monoisotopic (exact) mass is 355 g/mol. The van der Waals surface area contributed by atoms with Crippen molar-refractivity contribution in [3.05, 3.63) is 35.4 Å². The van der Waals surface area contributed by atoms with Crippen LogP contribution in [0.3, 0.4) is 0 Å². The Bertz CT molecular complexity index is 627. The van der Waals surface area contributed by atoms with Crippen molar-refractivity contribution in [2.45, 2.75) is 37.8 Å². The number of hydrogen-bond acceptors (Lipinski definition) is 4. The highest BCUT2D eigenvalue weighted by Gasteiger charge is 2.51. The SMILES string of the molecule is CCCCOC[C@H]1C[C@H]2COC(=O)N[C@@]2(c2cc(F)ccc2F)CO1. The van der Waals surface area contributed by atoms with Crippen molar-refractivity contribution >= 4 is 6.09 Å². The Labute approximate surface area is 145 Å². The lowest BCUT2D eigenvalue weighted by Gasteiger charge is -2.49. The maximum Gasteiger partial charge on any atom is 0.407 e. The van der Waals surface area contributed by atoms with Crippen LogP contribution in [0.2, 0.25) is 0 Å². The van der Waals surface area contributed by atoms with Crippen LogP contribution in [-0.2, 0) is 19.7 Å². The Morgan fingerprint density at radius 3 is 3.04 bits per heavy atom. The quantitative estimate of drug-likeness (QED) is 0.797. The van der Waals surface area contributed by atoms with Gasteiger partial charge in [0.05, 0.1) is 25.9 Å². The largest absolute Gasteiger partial charge is 0.449 e. The van der Waals surface area contributed by atoms with E-state index in [0.29, 0.717) is 19.6 Å². The van der Waals surface area contributed by atoms with Gasteiger partial charge >= 0.3 is 6.09 Å². The summed E-state index contributed by atoms with van der Waals surface area (Å²) in [4.78, 5) is 11.8. The van der Waals surface area contributed by atoms with E-state index in [1.165, 1.54) is 0 Å². The number of benzene rings is 1. The molecule has 0 aromatic heterocycles. The molecule has 5 nitrogen and oxygen atoms in total. The lowest BCUT2D eigenvalue weighted by molar-refractivity contribution is -0.125. The third-order valence-corrected chi connectivity index (χ3v) is 4.89. The molecule has 3 atom stereocenters. The van der Waals surface area contributed by atoms with Crippen LogP contribution in [-0.4, -0.2) is 38.6 Å². The Kier molecular flexibility index (Phi) is 5.54. The second-order valence-electron chi connectivity index (χ2n) is 6.61. The molecule has 0 unspecified atom stereocenters. The first-order chi connectivity index (χ1) is 12.0. The van der Waals surface area contributed by atoms with Crippen LogP contribution in [0.15, 0.2) is 18.2 Å². The Balaban J connectivity index is 1.79. The first kappa shape index (κ1) is 18.1. The molecule has 1 aromatic rings. The molecule has 0 saturated carbocycles. The highest BCUT2D eigenvalue weighted by atomic mass is 19.1. The van der Waals surface area contributed by atoms with Crippen molar-refractivity contribution in [3.8, 4) is 0 Å². The Morgan fingerprint density at radius 2 is 2.24 bits per heavy atom. The molecule has 0 radical (unpaired) electrons. The van der Waals surface area contributed by atoms with Crippen LogP contribution in [0.4, 0.5) is 13.6 Å². The zero-order valence-corrected chi connectivity index (χ0v) is 14.2. The van der Waals surface area contributed by atoms with Crippen molar-refractivity contribution in [1.82, 2.24) is 5.32 Å². The zero-order valence-electron chi connectivity index (χ0n) is 14.2. The molecule has 0 spiro atoms. The highest BCUT2D eigenvalue weighted by molar-refractivity contribution is 5.70. The lowest BCUT2D eigenvalue weighted by atomic mass is 9.73. The molecule has 2 aliphatic rings. The van der Waals surface area contributed by atoms with Crippen molar-refractivity contribution in [2.75, 3.05) is 26.4 Å². The molecule has 1 N–H and O–H groups in total. The lowest BCUT2D eigenvalue weighted by Crippen LogP contribution is -2.63. The van der Waals surface area contributed by atoms with Crippen LogP contribution in [0.5, 0.6) is 0 Å². The van der Waals surface area contributed by atoms with Crippen LogP contribution in [0.25, 0.3) is 0 Å². The van der Waals surface area contributed by atoms with E-state index >= 15 is 0 Å². The minimum Gasteiger partial charge on any atom is -0.449 e. The Hall–Kier alpha value is -1.73. The molecule has 3 rings (SSSR count). The van der Waals surface area contributed by atoms with E-state index in [9.17, 15) is 13.6 Å². The fourth-order valence-electron chi connectivity index (χ4n) is 3.48. The van der Waals surface area contributed by atoms with Crippen molar-refractivity contribution < 1.29 is 27.8 Å². The number of hydrogen-bond donors (Lipinski definition) is 1. The average molecular weight is 355 g/mol. The van der Waals surface area contributed by atoms with E-state index in [1.807, 2.05) is 0 Å². The second-order valence-corrected chi connectivity index (χ2v) is 6.61. The first-order valence-electron chi connectivity index (χ1n) is 8.65. The topological polar surface area (TPSA) is 56.8 Å². The van der Waals surface area contributed by atoms with Crippen LogP contribution < -0.4 is 5.32 Å². The molecule has 0 aliphatic carbocycles. The number of carbonyl (C=O) groups is 1. The first-order valence-corrected chi connectivity index (χ1v) is 8.65. The van der Waals surface area contributed by atoms with Crippen LogP contribution >= 0.6 is 0 Å². The summed E-state index contributed by atoms with van der Waals surface area (Å²) in [5, 5.41) is 2.68. The number of nitrogens with one attached hydrogen (secondary N) is 1. The number of halogens is 2. The van der Waals surface area contributed by atoms with Crippen molar-refractivity contribution in [2.24, 2.45) is 5.92 Å². The summed E-state index contributed by atoms with van der Waals surface area (Å²) in [5.74, 6) is -1.36. The molecule has 138 valence electrons. The van der Waals surface area contributed by atoms with Gasteiger partial charge in [-0.25, -0.2) is 13.6 Å². The number of ether oxygens (including phenoxy) is 3. The molecule has 2 fully saturated rings. The fraction of sp³-hybridized carbons (Fsp3) is 0.611. The van der Waals surface area contributed by atoms with E-state index in [-0.39, 0.29) is 30.8 Å². The molecule has 25 heavy (non-hydrogen) atoms.